The molecule has 0 spiro atoms. The van der Waals surface area contributed by atoms with Gasteiger partial charge in [-0.15, -0.1) is 0 Å². The maximum absolute atomic E-state index is 13.1. The Kier molecular flexibility index (Phi) is 7.87. The molecule has 1 aromatic rings. The molecule has 1 aliphatic carbocycles. The minimum Gasteiger partial charge on any atom is -0.378 e. The van der Waals surface area contributed by atoms with E-state index in [4.69, 9.17) is 4.74 Å². The Hall–Kier alpha value is -1.62. The number of hydrogen-bond donors (Lipinski definition) is 2. The number of nitrogens with one attached hydrogen (secondary N) is 2. The third kappa shape index (κ3) is 6.99. The maximum atomic E-state index is 13.1. The van der Waals surface area contributed by atoms with E-state index in [1.165, 1.54) is 31.7 Å². The molecule has 0 unspecified atom stereocenters. The Balaban J connectivity index is 1.54. The molecule has 1 fully saturated rings. The predicted octanol–water partition coefficient (Wildman–Crippen LogP) is 2.88. The second kappa shape index (κ2) is 10.2. The molecule has 2 rings (SSSR count). The van der Waals surface area contributed by atoms with Gasteiger partial charge in [0.25, 0.3) is 0 Å². The Morgan fingerprint density at radius 2 is 2.04 bits per heavy atom. The fourth-order valence-electron chi connectivity index (χ4n) is 2.82. The highest BCUT2D eigenvalue weighted by molar-refractivity contribution is 5.79. The summed E-state index contributed by atoms with van der Waals surface area (Å²) in [6.45, 7) is 2.37. The van der Waals surface area contributed by atoms with Crippen molar-refractivity contribution in [1.82, 2.24) is 10.6 Å². The quantitative estimate of drug-likeness (QED) is 0.440. The zero-order valence-electron chi connectivity index (χ0n) is 14.0. The van der Waals surface area contributed by atoms with Crippen molar-refractivity contribution in [2.24, 2.45) is 4.99 Å². The minimum atomic E-state index is -0.188. The van der Waals surface area contributed by atoms with Crippen LogP contribution in [0, 0.1) is 5.82 Å². The molecule has 1 aliphatic rings. The van der Waals surface area contributed by atoms with Crippen LogP contribution in [0.3, 0.4) is 0 Å². The van der Waals surface area contributed by atoms with Crippen LogP contribution in [0.4, 0.5) is 4.39 Å². The number of aliphatic imine (C=N–C) groups is 1. The Bertz CT molecular complexity index is 487. The standard InChI is InChI=1S/C18H28FN3O/c1-20-18(21-11-5-13-23-17-8-2-3-9-17)22-12-10-15-6-4-7-16(19)14-15/h4,6-7,14,17H,2-3,5,8-13H2,1H3,(H2,20,21,22). The van der Waals surface area contributed by atoms with Crippen molar-refractivity contribution in [3.8, 4) is 0 Å². The number of halogens is 1. The molecule has 5 heteroatoms. The number of nitrogens with zero attached hydrogens (tertiary/aromatic N) is 1. The molecule has 0 heterocycles. The number of rotatable bonds is 8. The Morgan fingerprint density at radius 1 is 1.26 bits per heavy atom. The lowest BCUT2D eigenvalue weighted by molar-refractivity contribution is 0.0574. The van der Waals surface area contributed by atoms with Crippen LogP contribution in [-0.2, 0) is 11.2 Å². The molecule has 1 aromatic carbocycles. The zero-order chi connectivity index (χ0) is 16.3. The third-order valence-electron chi connectivity index (χ3n) is 4.09. The van der Waals surface area contributed by atoms with Gasteiger partial charge in [0.1, 0.15) is 5.82 Å². The highest BCUT2D eigenvalue weighted by Gasteiger charge is 2.14. The van der Waals surface area contributed by atoms with Crippen LogP contribution in [0.25, 0.3) is 0 Å². The van der Waals surface area contributed by atoms with E-state index >= 15 is 0 Å². The van der Waals surface area contributed by atoms with Crippen molar-refractivity contribution in [2.75, 3.05) is 26.7 Å². The molecular formula is C18H28FN3O. The summed E-state index contributed by atoms with van der Waals surface area (Å²) in [5.74, 6) is 0.592. The van der Waals surface area contributed by atoms with E-state index in [0.29, 0.717) is 6.10 Å². The molecule has 0 bridgehead atoms. The molecule has 0 saturated heterocycles. The van der Waals surface area contributed by atoms with E-state index in [1.54, 1.807) is 19.2 Å². The lowest BCUT2D eigenvalue weighted by atomic mass is 10.1. The summed E-state index contributed by atoms with van der Waals surface area (Å²) in [5, 5.41) is 6.52. The van der Waals surface area contributed by atoms with Crippen molar-refractivity contribution in [1.29, 1.82) is 0 Å². The topological polar surface area (TPSA) is 45.7 Å². The van der Waals surface area contributed by atoms with Crippen molar-refractivity contribution in [2.45, 2.75) is 44.6 Å². The lowest BCUT2D eigenvalue weighted by Gasteiger charge is -2.13. The first-order valence-electron chi connectivity index (χ1n) is 8.58. The van der Waals surface area contributed by atoms with E-state index < -0.39 is 0 Å². The summed E-state index contributed by atoms with van der Waals surface area (Å²) in [6.07, 6.45) is 7.28. The number of hydrogen-bond acceptors (Lipinski definition) is 2. The molecule has 2 N–H and O–H groups in total. The SMILES string of the molecule is CN=C(NCCCOC1CCCC1)NCCc1cccc(F)c1. The fourth-order valence-corrected chi connectivity index (χ4v) is 2.82. The van der Waals surface area contributed by atoms with Gasteiger partial charge in [0.2, 0.25) is 0 Å². The van der Waals surface area contributed by atoms with E-state index in [2.05, 4.69) is 15.6 Å². The number of guanidine groups is 1. The van der Waals surface area contributed by atoms with E-state index in [0.717, 1.165) is 44.1 Å². The lowest BCUT2D eigenvalue weighted by Crippen LogP contribution is -2.39. The van der Waals surface area contributed by atoms with Crippen LogP contribution in [0.15, 0.2) is 29.3 Å². The summed E-state index contributed by atoms with van der Waals surface area (Å²) in [7, 11) is 1.76. The number of ether oxygens (including phenoxy) is 1. The van der Waals surface area contributed by atoms with Crippen LogP contribution >= 0.6 is 0 Å². The van der Waals surface area contributed by atoms with Crippen LogP contribution in [0.1, 0.15) is 37.7 Å². The van der Waals surface area contributed by atoms with Crippen LogP contribution in [-0.4, -0.2) is 38.8 Å². The molecule has 1 saturated carbocycles. The molecule has 0 atom stereocenters. The van der Waals surface area contributed by atoms with Gasteiger partial charge in [0, 0.05) is 26.7 Å². The molecule has 0 aliphatic heterocycles. The van der Waals surface area contributed by atoms with Gasteiger partial charge in [-0.2, -0.15) is 0 Å². The van der Waals surface area contributed by atoms with Gasteiger partial charge in [-0.1, -0.05) is 25.0 Å². The van der Waals surface area contributed by atoms with Gasteiger partial charge >= 0.3 is 0 Å². The highest BCUT2D eigenvalue weighted by atomic mass is 19.1. The largest absolute Gasteiger partial charge is 0.378 e. The smallest absolute Gasteiger partial charge is 0.190 e. The molecule has 128 valence electrons. The van der Waals surface area contributed by atoms with E-state index in [9.17, 15) is 4.39 Å². The number of benzene rings is 1. The summed E-state index contributed by atoms with van der Waals surface area (Å²) in [6, 6.07) is 6.70. The molecular weight excluding hydrogens is 293 g/mol. The van der Waals surface area contributed by atoms with Gasteiger partial charge in [0.05, 0.1) is 6.10 Å². The maximum Gasteiger partial charge on any atom is 0.190 e. The van der Waals surface area contributed by atoms with E-state index in [1.807, 2.05) is 6.07 Å². The summed E-state index contributed by atoms with van der Waals surface area (Å²) < 4.78 is 18.9. The molecule has 0 radical (unpaired) electrons. The first kappa shape index (κ1) is 17.7. The van der Waals surface area contributed by atoms with Crippen molar-refractivity contribution in [3.05, 3.63) is 35.6 Å². The van der Waals surface area contributed by atoms with Gasteiger partial charge in [-0.05, 0) is 43.4 Å². The Morgan fingerprint density at radius 3 is 2.78 bits per heavy atom. The van der Waals surface area contributed by atoms with Gasteiger partial charge in [-0.25, -0.2) is 4.39 Å². The van der Waals surface area contributed by atoms with Crippen molar-refractivity contribution >= 4 is 5.96 Å². The first-order chi connectivity index (χ1) is 11.3. The second-order valence-corrected chi connectivity index (χ2v) is 5.94. The van der Waals surface area contributed by atoms with Gasteiger partial charge in [0.15, 0.2) is 5.96 Å². The second-order valence-electron chi connectivity index (χ2n) is 5.94. The molecule has 0 amide bonds. The average Bonchev–Trinajstić information content (AvgIpc) is 3.06. The average molecular weight is 321 g/mol. The van der Waals surface area contributed by atoms with Crippen molar-refractivity contribution < 1.29 is 9.13 Å². The van der Waals surface area contributed by atoms with Crippen LogP contribution in [0.2, 0.25) is 0 Å². The summed E-state index contributed by atoms with van der Waals surface area (Å²) in [5.41, 5.74) is 0.984. The fraction of sp³-hybridized carbons (Fsp3) is 0.611. The Labute approximate surface area is 138 Å². The highest BCUT2D eigenvalue weighted by Crippen LogP contribution is 2.20. The van der Waals surface area contributed by atoms with Crippen LogP contribution in [0.5, 0.6) is 0 Å². The van der Waals surface area contributed by atoms with Gasteiger partial charge in [-0.3, -0.25) is 4.99 Å². The molecule has 23 heavy (non-hydrogen) atoms. The van der Waals surface area contributed by atoms with Crippen molar-refractivity contribution in [3.63, 3.8) is 0 Å². The van der Waals surface area contributed by atoms with E-state index in [-0.39, 0.29) is 5.82 Å². The zero-order valence-corrected chi connectivity index (χ0v) is 14.0. The van der Waals surface area contributed by atoms with Crippen LogP contribution < -0.4 is 10.6 Å². The predicted molar refractivity (Wildman–Crippen MR) is 92.3 cm³/mol. The third-order valence-corrected chi connectivity index (χ3v) is 4.09. The minimum absolute atomic E-state index is 0.188. The molecule has 0 aromatic heterocycles. The normalized spacial score (nSPS) is 15.8. The molecule has 4 nitrogen and oxygen atoms in total. The first-order valence-corrected chi connectivity index (χ1v) is 8.58. The monoisotopic (exact) mass is 321 g/mol. The van der Waals surface area contributed by atoms with Gasteiger partial charge < -0.3 is 15.4 Å². The summed E-state index contributed by atoms with van der Waals surface area (Å²) in [4.78, 5) is 4.19. The summed E-state index contributed by atoms with van der Waals surface area (Å²) >= 11 is 0.